The minimum atomic E-state index is -0.446. The molecule has 0 spiro atoms. The summed E-state index contributed by atoms with van der Waals surface area (Å²) in [7, 11) is 1.83. The SMILES string of the molecule is Cn1cc(C(=O)[C@H]2CC[C@H]3[C@@H]4CC[C@H]5C[C@](C)(O)CC[C@@H]5[C@H]4CC[C@]23C)nn1. The van der Waals surface area contributed by atoms with Crippen molar-refractivity contribution in [3.8, 4) is 0 Å². The highest BCUT2D eigenvalue weighted by molar-refractivity contribution is 5.96. The average Bonchev–Trinajstić information content (AvgIpc) is 3.23. The molecule has 1 aromatic rings. The van der Waals surface area contributed by atoms with Gasteiger partial charge in [-0.05, 0) is 99.7 Å². The number of Topliss-reactive ketones (excluding diaryl/α,β-unsaturated/α-hetero) is 1. The molecule has 5 heteroatoms. The zero-order valence-corrected chi connectivity index (χ0v) is 17.6. The summed E-state index contributed by atoms with van der Waals surface area (Å²) in [6.45, 7) is 4.43. The van der Waals surface area contributed by atoms with Gasteiger partial charge < -0.3 is 5.11 Å². The smallest absolute Gasteiger partial charge is 0.188 e. The molecule has 0 amide bonds. The van der Waals surface area contributed by atoms with Crippen molar-refractivity contribution in [2.24, 2.45) is 48.0 Å². The van der Waals surface area contributed by atoms with Crippen LogP contribution in [0.5, 0.6) is 0 Å². The Labute approximate surface area is 168 Å². The molecule has 4 fully saturated rings. The van der Waals surface area contributed by atoms with Crippen LogP contribution in [0.2, 0.25) is 0 Å². The minimum absolute atomic E-state index is 0.111. The lowest BCUT2D eigenvalue weighted by Gasteiger charge is -2.56. The highest BCUT2D eigenvalue weighted by atomic mass is 16.3. The van der Waals surface area contributed by atoms with Crippen molar-refractivity contribution < 1.29 is 9.90 Å². The minimum Gasteiger partial charge on any atom is -0.390 e. The van der Waals surface area contributed by atoms with Crippen LogP contribution in [0, 0.1) is 40.9 Å². The lowest BCUT2D eigenvalue weighted by Crippen LogP contribution is -2.51. The normalized spacial score (nSPS) is 47.9. The number of carbonyl (C=O) groups excluding carboxylic acids is 1. The van der Waals surface area contributed by atoms with Crippen LogP contribution < -0.4 is 0 Å². The van der Waals surface area contributed by atoms with Gasteiger partial charge in [-0.1, -0.05) is 12.1 Å². The zero-order chi connectivity index (χ0) is 19.7. The van der Waals surface area contributed by atoms with Crippen LogP contribution in [0.4, 0.5) is 0 Å². The van der Waals surface area contributed by atoms with Gasteiger partial charge in [0.1, 0.15) is 5.69 Å². The number of nitrogens with zero attached hydrogens (tertiary/aromatic N) is 3. The van der Waals surface area contributed by atoms with E-state index in [4.69, 9.17) is 0 Å². The van der Waals surface area contributed by atoms with Gasteiger partial charge in [0.25, 0.3) is 0 Å². The van der Waals surface area contributed by atoms with Crippen LogP contribution in [0.1, 0.15) is 82.1 Å². The monoisotopic (exact) mass is 385 g/mol. The van der Waals surface area contributed by atoms with Crippen molar-refractivity contribution in [2.75, 3.05) is 0 Å². The Hall–Kier alpha value is -1.23. The first kappa shape index (κ1) is 18.8. The number of carbonyl (C=O) groups is 1. The van der Waals surface area contributed by atoms with Gasteiger partial charge in [0, 0.05) is 13.0 Å². The standard InChI is InChI=1S/C23H35N3O2/c1-22(28)10-8-15-14(12-22)4-5-17-16(15)9-11-23(2)18(17)6-7-19(23)21(27)20-13-26(3)25-24-20/h13-19,28H,4-12H2,1-3H3/t14-,15-,16+,17+,18-,19+,22+,23-/m0/s1. The molecule has 1 heterocycles. The number of rotatable bonds is 2. The zero-order valence-electron chi connectivity index (χ0n) is 17.6. The fourth-order valence-corrected chi connectivity index (χ4v) is 8.15. The fourth-order valence-electron chi connectivity index (χ4n) is 8.15. The summed E-state index contributed by atoms with van der Waals surface area (Å²) in [5.41, 5.74) is 0.233. The van der Waals surface area contributed by atoms with Gasteiger partial charge in [0.05, 0.1) is 11.8 Å². The molecule has 0 aromatic carbocycles. The molecule has 4 saturated carbocycles. The molecule has 28 heavy (non-hydrogen) atoms. The molecule has 0 unspecified atom stereocenters. The van der Waals surface area contributed by atoms with Gasteiger partial charge in [-0.3, -0.25) is 9.48 Å². The van der Waals surface area contributed by atoms with Gasteiger partial charge in [0.15, 0.2) is 5.78 Å². The lowest BCUT2D eigenvalue weighted by atomic mass is 9.49. The van der Waals surface area contributed by atoms with Crippen molar-refractivity contribution in [1.29, 1.82) is 0 Å². The molecule has 0 radical (unpaired) electrons. The Balaban J connectivity index is 1.36. The predicted molar refractivity (Wildman–Crippen MR) is 107 cm³/mol. The molecule has 4 aliphatic carbocycles. The van der Waals surface area contributed by atoms with Crippen LogP contribution in [0.15, 0.2) is 6.20 Å². The maximum Gasteiger partial charge on any atom is 0.188 e. The van der Waals surface area contributed by atoms with E-state index in [2.05, 4.69) is 17.2 Å². The molecule has 1 aromatic heterocycles. The van der Waals surface area contributed by atoms with E-state index in [0.717, 1.165) is 37.0 Å². The number of fused-ring (bicyclic) bond motifs is 5. The third-order valence-electron chi connectivity index (χ3n) is 9.41. The van der Waals surface area contributed by atoms with Gasteiger partial charge in [-0.15, -0.1) is 5.10 Å². The van der Waals surface area contributed by atoms with Crippen LogP contribution in [-0.4, -0.2) is 31.5 Å². The van der Waals surface area contributed by atoms with Crippen molar-refractivity contribution in [2.45, 2.75) is 77.2 Å². The first-order valence-electron chi connectivity index (χ1n) is 11.4. The quantitative estimate of drug-likeness (QED) is 0.781. The van der Waals surface area contributed by atoms with Crippen LogP contribution in [0.3, 0.4) is 0 Å². The van der Waals surface area contributed by atoms with Crippen LogP contribution >= 0.6 is 0 Å². The van der Waals surface area contributed by atoms with Crippen molar-refractivity contribution in [3.63, 3.8) is 0 Å². The van der Waals surface area contributed by atoms with E-state index in [1.165, 1.54) is 38.5 Å². The molecular formula is C23H35N3O2. The largest absolute Gasteiger partial charge is 0.390 e. The highest BCUT2D eigenvalue weighted by Crippen LogP contribution is 2.64. The highest BCUT2D eigenvalue weighted by Gasteiger charge is 2.59. The molecule has 5 rings (SSSR count). The van der Waals surface area contributed by atoms with Crippen molar-refractivity contribution in [3.05, 3.63) is 11.9 Å². The number of aliphatic hydroxyl groups is 1. The Morgan fingerprint density at radius 1 is 1.07 bits per heavy atom. The molecule has 8 atom stereocenters. The number of hydrogen-bond donors (Lipinski definition) is 1. The maximum atomic E-state index is 13.2. The van der Waals surface area contributed by atoms with E-state index >= 15 is 0 Å². The number of aromatic nitrogens is 3. The van der Waals surface area contributed by atoms with Gasteiger partial charge in [0.2, 0.25) is 0 Å². The molecule has 5 nitrogen and oxygen atoms in total. The predicted octanol–water partition coefficient (Wildman–Crippen LogP) is 4.02. The van der Waals surface area contributed by atoms with Crippen LogP contribution in [-0.2, 0) is 7.05 Å². The first-order chi connectivity index (χ1) is 13.3. The summed E-state index contributed by atoms with van der Waals surface area (Å²) in [6, 6.07) is 0. The third kappa shape index (κ3) is 2.79. The topological polar surface area (TPSA) is 68.0 Å². The van der Waals surface area contributed by atoms with E-state index in [9.17, 15) is 9.90 Å². The number of ketones is 1. The summed E-state index contributed by atoms with van der Waals surface area (Å²) in [6.07, 6.45) is 12.2. The number of hydrogen-bond acceptors (Lipinski definition) is 4. The number of aryl methyl sites for hydroxylation is 1. The van der Waals surface area contributed by atoms with Crippen molar-refractivity contribution in [1.82, 2.24) is 15.0 Å². The third-order valence-corrected chi connectivity index (χ3v) is 9.41. The maximum absolute atomic E-state index is 13.2. The summed E-state index contributed by atoms with van der Waals surface area (Å²) in [5, 5.41) is 18.7. The van der Waals surface area contributed by atoms with Gasteiger partial charge >= 0.3 is 0 Å². The van der Waals surface area contributed by atoms with Gasteiger partial charge in [-0.25, -0.2) is 0 Å². The summed E-state index contributed by atoms with van der Waals surface area (Å²) in [5.74, 6) is 4.13. The Bertz CT molecular complexity index is 772. The Morgan fingerprint density at radius 2 is 1.86 bits per heavy atom. The average molecular weight is 386 g/mol. The molecular weight excluding hydrogens is 350 g/mol. The fraction of sp³-hybridized carbons (Fsp3) is 0.870. The first-order valence-corrected chi connectivity index (χ1v) is 11.4. The summed E-state index contributed by atoms with van der Waals surface area (Å²) < 4.78 is 1.64. The van der Waals surface area contributed by atoms with Crippen molar-refractivity contribution >= 4 is 5.78 Å². The lowest BCUT2D eigenvalue weighted by molar-refractivity contribution is -0.0976. The van der Waals surface area contributed by atoms with E-state index in [0.29, 0.717) is 17.5 Å². The summed E-state index contributed by atoms with van der Waals surface area (Å²) in [4.78, 5) is 13.2. The van der Waals surface area contributed by atoms with E-state index in [-0.39, 0.29) is 17.1 Å². The van der Waals surface area contributed by atoms with E-state index in [1.54, 1.807) is 10.9 Å². The van der Waals surface area contributed by atoms with Crippen LogP contribution in [0.25, 0.3) is 0 Å². The van der Waals surface area contributed by atoms with E-state index < -0.39 is 5.60 Å². The molecule has 0 saturated heterocycles. The molecule has 0 bridgehead atoms. The second-order valence-electron chi connectivity index (χ2n) is 11.0. The Kier molecular flexibility index (Phi) is 4.28. The molecule has 154 valence electrons. The second-order valence-corrected chi connectivity index (χ2v) is 11.0. The van der Waals surface area contributed by atoms with E-state index in [1.807, 2.05) is 14.0 Å². The molecule has 0 aliphatic heterocycles. The van der Waals surface area contributed by atoms with Gasteiger partial charge in [-0.2, -0.15) is 0 Å². The molecule has 1 N–H and O–H groups in total. The second kappa shape index (κ2) is 6.38. The molecule has 4 aliphatic rings. The Morgan fingerprint density at radius 3 is 2.61 bits per heavy atom. The summed E-state index contributed by atoms with van der Waals surface area (Å²) >= 11 is 0.